The molecule has 1 heterocycles. The van der Waals surface area contributed by atoms with Gasteiger partial charge in [-0.1, -0.05) is 6.42 Å². The van der Waals surface area contributed by atoms with Crippen LogP contribution in [0.15, 0.2) is 0 Å². The maximum Gasteiger partial charge on any atom is 0.233 e. The summed E-state index contributed by atoms with van der Waals surface area (Å²) in [7, 11) is 0. The number of carbonyl (C=O) groups is 1. The smallest absolute Gasteiger partial charge is 0.233 e. The topological polar surface area (TPSA) is 85.8 Å². The van der Waals surface area contributed by atoms with Crippen molar-refractivity contribution in [2.75, 3.05) is 0 Å². The predicted octanol–water partition coefficient (Wildman–Crippen LogP) is 0.445. The maximum absolute atomic E-state index is 10.8. The van der Waals surface area contributed by atoms with E-state index in [2.05, 4.69) is 15.5 Å². The Morgan fingerprint density at radius 2 is 2.12 bits per heavy atom. The van der Waals surface area contributed by atoms with Crippen molar-refractivity contribution in [3.05, 3.63) is 11.6 Å². The van der Waals surface area contributed by atoms with Gasteiger partial charge in [-0.3, -0.25) is 14.9 Å². The number of unbranched alkanes of at least 4 members (excludes halogenated alkanes) is 2. The number of hydrazine groups is 1. The molecule has 0 aromatic carbocycles. The number of nitrogens with zero attached hydrogens (tertiary/aromatic N) is 3. The molecular weight excluding hydrogens is 206 g/mol. The zero-order valence-electron chi connectivity index (χ0n) is 9.86. The maximum atomic E-state index is 10.8. The van der Waals surface area contributed by atoms with E-state index < -0.39 is 0 Å². The minimum Gasteiger partial charge on any atom is -0.294 e. The number of amides is 1. The highest BCUT2D eigenvalue weighted by molar-refractivity contribution is 5.74. The molecule has 1 rings (SSSR count). The van der Waals surface area contributed by atoms with Crippen molar-refractivity contribution < 1.29 is 4.79 Å². The highest BCUT2D eigenvalue weighted by Crippen LogP contribution is 2.03. The average Bonchev–Trinajstić information content (AvgIpc) is 2.56. The average molecular weight is 225 g/mol. The molecule has 0 saturated carbocycles. The first-order chi connectivity index (χ1) is 7.63. The van der Waals surface area contributed by atoms with E-state index in [1.54, 1.807) is 0 Å². The summed E-state index contributed by atoms with van der Waals surface area (Å²) in [6.45, 7) is 4.69. The fourth-order valence-corrected chi connectivity index (χ4v) is 1.57. The molecule has 0 spiro atoms. The van der Waals surface area contributed by atoms with Crippen molar-refractivity contribution in [2.24, 2.45) is 5.84 Å². The molecule has 0 saturated heterocycles. The summed E-state index contributed by atoms with van der Waals surface area (Å²) < 4.78 is 1.90. The first-order valence-corrected chi connectivity index (χ1v) is 5.51. The predicted molar refractivity (Wildman–Crippen MR) is 60.3 cm³/mol. The second-order valence-corrected chi connectivity index (χ2v) is 3.81. The van der Waals surface area contributed by atoms with Crippen LogP contribution in [0.1, 0.15) is 37.3 Å². The third kappa shape index (κ3) is 3.98. The molecule has 0 aliphatic rings. The summed E-state index contributed by atoms with van der Waals surface area (Å²) in [4.78, 5) is 15.1. The highest BCUT2D eigenvalue weighted by atomic mass is 16.2. The molecule has 0 unspecified atom stereocenters. The second kappa shape index (κ2) is 6.22. The number of hydrogen-bond donors (Lipinski definition) is 2. The third-order valence-corrected chi connectivity index (χ3v) is 2.40. The first kappa shape index (κ1) is 12.6. The molecular formula is C10H19N5O. The molecule has 1 aromatic heterocycles. The molecule has 90 valence electrons. The number of rotatable bonds is 6. The second-order valence-electron chi connectivity index (χ2n) is 3.81. The number of carbonyl (C=O) groups excluding carboxylic acids is 1. The normalized spacial score (nSPS) is 10.4. The van der Waals surface area contributed by atoms with Gasteiger partial charge in [0.2, 0.25) is 5.91 Å². The van der Waals surface area contributed by atoms with Gasteiger partial charge >= 0.3 is 0 Å². The lowest BCUT2D eigenvalue weighted by Crippen LogP contribution is -2.29. The standard InChI is InChI=1S/C10H19N5O/c1-8-12-9(2)15(14-8)7-5-3-4-6-10(16)13-11/h3-7,11H2,1-2H3,(H,13,16). The van der Waals surface area contributed by atoms with Crippen molar-refractivity contribution in [3.63, 3.8) is 0 Å². The zero-order chi connectivity index (χ0) is 12.0. The van der Waals surface area contributed by atoms with Crippen molar-refractivity contribution in [3.8, 4) is 0 Å². The summed E-state index contributed by atoms with van der Waals surface area (Å²) in [6.07, 6.45) is 3.34. The molecule has 0 atom stereocenters. The Balaban J connectivity index is 2.16. The Labute approximate surface area is 95.2 Å². The van der Waals surface area contributed by atoms with Crippen LogP contribution in [0.25, 0.3) is 0 Å². The van der Waals surface area contributed by atoms with Crippen LogP contribution in [0.3, 0.4) is 0 Å². The Bertz CT molecular complexity index is 347. The molecule has 0 aliphatic carbocycles. The van der Waals surface area contributed by atoms with Crippen LogP contribution in [0.5, 0.6) is 0 Å². The van der Waals surface area contributed by atoms with Crippen LogP contribution < -0.4 is 11.3 Å². The number of aryl methyl sites for hydroxylation is 3. The quantitative estimate of drug-likeness (QED) is 0.318. The van der Waals surface area contributed by atoms with E-state index >= 15 is 0 Å². The van der Waals surface area contributed by atoms with Gasteiger partial charge in [0, 0.05) is 13.0 Å². The lowest BCUT2D eigenvalue weighted by Gasteiger charge is -2.02. The van der Waals surface area contributed by atoms with E-state index in [1.165, 1.54) is 0 Å². The minimum absolute atomic E-state index is 0.104. The Kier molecular flexibility index (Phi) is 4.91. The fourth-order valence-electron chi connectivity index (χ4n) is 1.57. The number of hydrogen-bond acceptors (Lipinski definition) is 4. The van der Waals surface area contributed by atoms with E-state index in [1.807, 2.05) is 18.5 Å². The van der Waals surface area contributed by atoms with Crippen LogP contribution in [0.2, 0.25) is 0 Å². The van der Waals surface area contributed by atoms with Gasteiger partial charge in [-0.2, -0.15) is 5.10 Å². The van der Waals surface area contributed by atoms with E-state index in [-0.39, 0.29) is 5.91 Å². The number of nitrogens with two attached hydrogens (primary N) is 1. The van der Waals surface area contributed by atoms with Gasteiger partial charge in [0.15, 0.2) is 0 Å². The van der Waals surface area contributed by atoms with Crippen LogP contribution in [-0.4, -0.2) is 20.7 Å². The fraction of sp³-hybridized carbons (Fsp3) is 0.700. The van der Waals surface area contributed by atoms with Crippen LogP contribution >= 0.6 is 0 Å². The van der Waals surface area contributed by atoms with E-state index in [0.717, 1.165) is 37.5 Å². The monoisotopic (exact) mass is 225 g/mol. The molecule has 6 heteroatoms. The van der Waals surface area contributed by atoms with Gasteiger partial charge in [0.05, 0.1) is 0 Å². The molecule has 0 radical (unpaired) electrons. The molecule has 6 nitrogen and oxygen atoms in total. The largest absolute Gasteiger partial charge is 0.294 e. The summed E-state index contributed by atoms with van der Waals surface area (Å²) >= 11 is 0. The minimum atomic E-state index is -0.104. The van der Waals surface area contributed by atoms with Gasteiger partial charge in [-0.05, 0) is 26.7 Å². The number of nitrogens with one attached hydrogen (secondary N) is 1. The molecule has 3 N–H and O–H groups in total. The van der Waals surface area contributed by atoms with E-state index in [0.29, 0.717) is 6.42 Å². The van der Waals surface area contributed by atoms with Crippen molar-refractivity contribution in [1.82, 2.24) is 20.2 Å². The van der Waals surface area contributed by atoms with Gasteiger partial charge < -0.3 is 0 Å². The Hall–Kier alpha value is -1.43. The van der Waals surface area contributed by atoms with Crippen LogP contribution in [0, 0.1) is 13.8 Å². The van der Waals surface area contributed by atoms with Gasteiger partial charge in [0.1, 0.15) is 11.6 Å². The molecule has 0 bridgehead atoms. The lowest BCUT2D eigenvalue weighted by molar-refractivity contribution is -0.121. The van der Waals surface area contributed by atoms with Crippen LogP contribution in [-0.2, 0) is 11.3 Å². The van der Waals surface area contributed by atoms with Crippen LogP contribution in [0.4, 0.5) is 0 Å². The third-order valence-electron chi connectivity index (χ3n) is 2.40. The van der Waals surface area contributed by atoms with Crippen molar-refractivity contribution in [1.29, 1.82) is 0 Å². The summed E-state index contributed by atoms with van der Waals surface area (Å²) in [6, 6.07) is 0. The Morgan fingerprint density at radius 1 is 1.38 bits per heavy atom. The summed E-state index contributed by atoms with van der Waals surface area (Å²) in [5.41, 5.74) is 2.12. The van der Waals surface area contributed by atoms with Crippen molar-refractivity contribution in [2.45, 2.75) is 46.1 Å². The van der Waals surface area contributed by atoms with Gasteiger partial charge in [-0.15, -0.1) is 0 Å². The summed E-state index contributed by atoms with van der Waals surface area (Å²) in [5.74, 6) is 6.62. The lowest BCUT2D eigenvalue weighted by atomic mass is 10.2. The highest BCUT2D eigenvalue weighted by Gasteiger charge is 2.02. The number of aromatic nitrogens is 3. The molecule has 16 heavy (non-hydrogen) atoms. The Morgan fingerprint density at radius 3 is 2.69 bits per heavy atom. The van der Waals surface area contributed by atoms with Gasteiger partial charge in [-0.25, -0.2) is 10.8 Å². The SMILES string of the molecule is Cc1nc(C)n(CCCCCC(=O)NN)n1. The molecule has 0 fully saturated rings. The van der Waals surface area contributed by atoms with E-state index in [9.17, 15) is 4.79 Å². The summed E-state index contributed by atoms with van der Waals surface area (Å²) in [5, 5.41) is 4.27. The molecule has 1 aromatic rings. The van der Waals surface area contributed by atoms with E-state index in [4.69, 9.17) is 5.84 Å². The molecule has 0 aliphatic heterocycles. The molecule has 1 amide bonds. The first-order valence-electron chi connectivity index (χ1n) is 5.51. The van der Waals surface area contributed by atoms with Gasteiger partial charge in [0.25, 0.3) is 0 Å². The zero-order valence-corrected chi connectivity index (χ0v) is 9.86. The van der Waals surface area contributed by atoms with Crippen molar-refractivity contribution >= 4 is 5.91 Å².